The van der Waals surface area contributed by atoms with Crippen LogP contribution < -0.4 is 15.5 Å². The summed E-state index contributed by atoms with van der Waals surface area (Å²) in [5.74, 6) is 0.0321. The van der Waals surface area contributed by atoms with E-state index in [-0.39, 0.29) is 28.4 Å². The SMILES string of the molecule is CCCC(CCC)N(CCNCCc1ccc(O)c2[nH]c(=O)sc12)C(=O)CCNCCc1ccc(F)cc1. The van der Waals surface area contributed by atoms with Crippen LogP contribution in [0.15, 0.2) is 41.2 Å². The number of carbonyl (C=O) groups excluding carboxylic acids is 1. The van der Waals surface area contributed by atoms with Crippen LogP contribution in [0, 0.1) is 5.82 Å². The maximum atomic E-state index is 13.2. The van der Waals surface area contributed by atoms with Gasteiger partial charge in [-0.25, -0.2) is 4.39 Å². The van der Waals surface area contributed by atoms with Crippen molar-refractivity contribution >= 4 is 27.5 Å². The molecule has 0 radical (unpaired) electrons. The molecule has 38 heavy (non-hydrogen) atoms. The van der Waals surface area contributed by atoms with E-state index in [1.54, 1.807) is 18.2 Å². The van der Waals surface area contributed by atoms with E-state index in [9.17, 15) is 19.1 Å². The van der Waals surface area contributed by atoms with Gasteiger partial charge in [0, 0.05) is 32.1 Å². The van der Waals surface area contributed by atoms with Gasteiger partial charge in [0.2, 0.25) is 5.91 Å². The van der Waals surface area contributed by atoms with Crippen molar-refractivity contribution in [2.24, 2.45) is 0 Å². The molecule has 0 spiro atoms. The third-order valence-electron chi connectivity index (χ3n) is 6.76. The van der Waals surface area contributed by atoms with Gasteiger partial charge in [-0.2, -0.15) is 0 Å². The number of nitrogens with zero attached hydrogens (tertiary/aromatic N) is 1. The van der Waals surface area contributed by atoms with Crippen LogP contribution in [0.3, 0.4) is 0 Å². The molecule has 0 aliphatic heterocycles. The lowest BCUT2D eigenvalue weighted by atomic mass is 10.0. The number of phenols is 1. The molecule has 0 atom stereocenters. The van der Waals surface area contributed by atoms with Crippen molar-refractivity contribution in [3.05, 3.63) is 63.0 Å². The van der Waals surface area contributed by atoms with E-state index in [1.165, 1.54) is 12.1 Å². The third kappa shape index (κ3) is 8.92. The molecule has 3 rings (SSSR count). The Morgan fingerprint density at radius 3 is 2.39 bits per heavy atom. The van der Waals surface area contributed by atoms with Crippen LogP contribution in [0.5, 0.6) is 5.75 Å². The zero-order valence-corrected chi connectivity index (χ0v) is 23.3. The number of aromatic hydroxyl groups is 1. The number of rotatable bonds is 17. The van der Waals surface area contributed by atoms with Gasteiger partial charge in [0.05, 0.1) is 4.70 Å². The molecule has 2 aromatic carbocycles. The van der Waals surface area contributed by atoms with Crippen LogP contribution in [0.25, 0.3) is 10.2 Å². The normalized spacial score (nSPS) is 11.5. The van der Waals surface area contributed by atoms with Gasteiger partial charge in [0.15, 0.2) is 0 Å². The van der Waals surface area contributed by atoms with Gasteiger partial charge >= 0.3 is 4.87 Å². The highest BCUT2D eigenvalue weighted by Crippen LogP contribution is 2.27. The molecule has 0 saturated carbocycles. The number of halogens is 1. The van der Waals surface area contributed by atoms with Crippen molar-refractivity contribution in [1.29, 1.82) is 0 Å². The first kappa shape index (κ1) is 29.8. The van der Waals surface area contributed by atoms with Crippen LogP contribution >= 0.6 is 11.3 Å². The second-order valence-electron chi connectivity index (χ2n) is 9.66. The van der Waals surface area contributed by atoms with Crippen LogP contribution in [0.4, 0.5) is 4.39 Å². The van der Waals surface area contributed by atoms with Gasteiger partial charge in [0.1, 0.15) is 17.1 Å². The summed E-state index contributed by atoms with van der Waals surface area (Å²) >= 11 is 1.12. The summed E-state index contributed by atoms with van der Waals surface area (Å²) in [5.41, 5.74) is 2.59. The summed E-state index contributed by atoms with van der Waals surface area (Å²) in [6.07, 6.45) is 6.03. The third-order valence-corrected chi connectivity index (χ3v) is 7.72. The Labute approximate surface area is 228 Å². The molecule has 1 aromatic heterocycles. The molecule has 1 heterocycles. The van der Waals surface area contributed by atoms with Gasteiger partial charge in [-0.05, 0) is 68.1 Å². The molecule has 3 aromatic rings. The quantitative estimate of drug-likeness (QED) is 0.187. The average Bonchev–Trinajstić information content (AvgIpc) is 3.30. The predicted molar refractivity (Wildman–Crippen MR) is 154 cm³/mol. The van der Waals surface area contributed by atoms with E-state index in [4.69, 9.17) is 0 Å². The number of fused-ring (bicyclic) bond motifs is 1. The highest BCUT2D eigenvalue weighted by molar-refractivity contribution is 7.16. The Bertz CT molecular complexity index is 1190. The van der Waals surface area contributed by atoms with E-state index < -0.39 is 0 Å². The molecular formula is C29H41FN4O3S. The van der Waals surface area contributed by atoms with Gasteiger partial charge in [0.25, 0.3) is 0 Å². The fraction of sp³-hybridized carbons (Fsp3) is 0.517. The lowest BCUT2D eigenvalue weighted by molar-refractivity contribution is -0.133. The van der Waals surface area contributed by atoms with Gasteiger partial charge in [-0.1, -0.05) is 56.2 Å². The number of amides is 1. The number of phenolic OH excluding ortho intramolecular Hbond substituents is 1. The molecule has 0 saturated heterocycles. The number of carbonyl (C=O) groups is 1. The van der Waals surface area contributed by atoms with Crippen LogP contribution in [-0.4, -0.2) is 59.7 Å². The van der Waals surface area contributed by atoms with E-state index >= 15 is 0 Å². The standard InChI is InChI=1S/C29H41FN4O3S/c1-3-5-24(6-4-2)34(26(36)15-18-31-16-13-21-7-10-23(30)11-8-21)20-19-32-17-14-22-9-12-25(35)27-28(22)38-29(37)33-27/h7-12,24,31-32,35H,3-6,13-20H2,1-2H3,(H,33,37). The first-order valence-corrected chi connectivity index (χ1v) is 14.5. The largest absolute Gasteiger partial charge is 0.506 e. The van der Waals surface area contributed by atoms with Crippen molar-refractivity contribution in [3.8, 4) is 5.75 Å². The van der Waals surface area contributed by atoms with Crippen molar-refractivity contribution in [2.75, 3.05) is 32.7 Å². The molecule has 9 heteroatoms. The van der Waals surface area contributed by atoms with Gasteiger partial charge in [-0.3, -0.25) is 9.59 Å². The Kier molecular flexibility index (Phi) is 12.2. The lowest BCUT2D eigenvalue weighted by Crippen LogP contribution is -2.45. The molecule has 0 aliphatic rings. The number of thiazole rings is 1. The minimum Gasteiger partial charge on any atom is -0.506 e. The van der Waals surface area contributed by atoms with Crippen LogP contribution in [0.2, 0.25) is 0 Å². The predicted octanol–water partition coefficient (Wildman–Crippen LogP) is 4.59. The van der Waals surface area contributed by atoms with Crippen molar-refractivity contribution in [1.82, 2.24) is 20.5 Å². The van der Waals surface area contributed by atoms with E-state index in [2.05, 4.69) is 34.4 Å². The fourth-order valence-corrected chi connectivity index (χ4v) is 5.70. The number of aromatic nitrogens is 1. The van der Waals surface area contributed by atoms with Crippen molar-refractivity contribution in [3.63, 3.8) is 0 Å². The summed E-state index contributed by atoms with van der Waals surface area (Å²) in [4.78, 5) is 29.6. The average molecular weight is 545 g/mol. The topological polar surface area (TPSA) is 97.5 Å². The van der Waals surface area contributed by atoms with Gasteiger partial charge in [-0.15, -0.1) is 0 Å². The number of H-pyrrole nitrogens is 1. The van der Waals surface area contributed by atoms with E-state index in [0.717, 1.165) is 72.2 Å². The maximum Gasteiger partial charge on any atom is 0.305 e. The fourth-order valence-electron chi connectivity index (χ4n) is 4.80. The second kappa shape index (κ2) is 15.6. The zero-order chi connectivity index (χ0) is 27.3. The van der Waals surface area contributed by atoms with Crippen molar-refractivity contribution < 1.29 is 14.3 Å². The van der Waals surface area contributed by atoms with Crippen molar-refractivity contribution in [2.45, 2.75) is 64.8 Å². The van der Waals surface area contributed by atoms with E-state index in [0.29, 0.717) is 38.1 Å². The Morgan fingerprint density at radius 1 is 1.00 bits per heavy atom. The molecule has 0 bridgehead atoms. The summed E-state index contributed by atoms with van der Waals surface area (Å²) in [6, 6.07) is 10.3. The van der Waals surface area contributed by atoms with Gasteiger partial charge < -0.3 is 25.6 Å². The van der Waals surface area contributed by atoms with E-state index in [1.807, 2.05) is 6.07 Å². The van der Waals surface area contributed by atoms with Crippen LogP contribution in [-0.2, 0) is 17.6 Å². The number of hydrogen-bond acceptors (Lipinski definition) is 6. The van der Waals surface area contributed by atoms with Crippen LogP contribution in [0.1, 0.15) is 57.1 Å². The Balaban J connectivity index is 1.47. The highest BCUT2D eigenvalue weighted by Gasteiger charge is 2.21. The first-order valence-electron chi connectivity index (χ1n) is 13.7. The minimum atomic E-state index is -0.229. The maximum absolute atomic E-state index is 13.2. The number of nitrogens with one attached hydrogen (secondary N) is 3. The second-order valence-corrected chi connectivity index (χ2v) is 10.6. The molecule has 7 nitrogen and oxygen atoms in total. The summed E-state index contributed by atoms with van der Waals surface area (Å²) < 4.78 is 13.9. The first-order chi connectivity index (χ1) is 18.4. The molecule has 1 amide bonds. The molecule has 0 aliphatic carbocycles. The molecule has 208 valence electrons. The molecule has 0 fully saturated rings. The monoisotopic (exact) mass is 544 g/mol. The number of aromatic amines is 1. The molecule has 4 N–H and O–H groups in total. The summed E-state index contributed by atoms with van der Waals surface area (Å²) in [5, 5.41) is 16.8. The summed E-state index contributed by atoms with van der Waals surface area (Å²) in [6.45, 7) is 7.74. The highest BCUT2D eigenvalue weighted by atomic mass is 32.1. The minimum absolute atomic E-state index is 0.0899. The summed E-state index contributed by atoms with van der Waals surface area (Å²) in [7, 11) is 0. The lowest BCUT2D eigenvalue weighted by Gasteiger charge is -2.32. The smallest absolute Gasteiger partial charge is 0.305 e. The Morgan fingerprint density at radius 2 is 1.68 bits per heavy atom. The molecular weight excluding hydrogens is 503 g/mol. The Hall–Kier alpha value is -2.75. The zero-order valence-electron chi connectivity index (χ0n) is 22.5. The number of hydrogen-bond donors (Lipinski definition) is 4. The molecule has 0 unspecified atom stereocenters. The number of benzene rings is 2.